The second-order valence-electron chi connectivity index (χ2n) is 14.3. The third-order valence-electron chi connectivity index (χ3n) is 11.1. The van der Waals surface area contributed by atoms with Gasteiger partial charge in [-0.2, -0.15) is 0 Å². The first-order valence-electron chi connectivity index (χ1n) is 18.7. The predicted octanol–water partition coefficient (Wildman–Crippen LogP) is 12.5. The smallest absolute Gasteiger partial charge is 0.164 e. The number of aromatic nitrogens is 3. The highest BCUT2D eigenvalue weighted by Gasteiger charge is 2.40. The highest BCUT2D eigenvalue weighted by atomic mass is 16.5. The van der Waals surface area contributed by atoms with E-state index >= 15 is 0 Å². The molecule has 55 heavy (non-hydrogen) atoms. The van der Waals surface area contributed by atoms with Crippen molar-refractivity contribution in [3.8, 4) is 50.8 Å². The maximum atomic E-state index is 6.71. The maximum Gasteiger partial charge on any atom is 0.164 e. The van der Waals surface area contributed by atoms with Gasteiger partial charge in [-0.05, 0) is 84.9 Å². The van der Waals surface area contributed by atoms with Crippen LogP contribution in [0.4, 0.5) is 0 Å². The molecule has 0 saturated carbocycles. The molecule has 0 radical (unpaired) electrons. The van der Waals surface area contributed by atoms with Crippen molar-refractivity contribution < 1.29 is 4.74 Å². The molecular formula is C51H33N3O. The first-order chi connectivity index (χ1) is 27.2. The van der Waals surface area contributed by atoms with Crippen molar-refractivity contribution in [3.63, 3.8) is 0 Å². The first kappa shape index (κ1) is 31.4. The lowest BCUT2D eigenvalue weighted by atomic mass is 9.80. The van der Waals surface area contributed by atoms with Gasteiger partial charge in [-0.3, -0.25) is 0 Å². The summed E-state index contributed by atoms with van der Waals surface area (Å²) in [6.45, 7) is 0. The molecule has 8 aromatic carbocycles. The number of hydrogen-bond donors (Lipinski definition) is 0. The predicted molar refractivity (Wildman–Crippen MR) is 225 cm³/mol. The van der Waals surface area contributed by atoms with E-state index < -0.39 is 0 Å². The molecule has 2 unspecified atom stereocenters. The number of benzene rings is 8. The number of hydrogen-bond acceptors (Lipinski definition) is 4. The molecule has 0 fully saturated rings. The third kappa shape index (κ3) is 5.42. The Morgan fingerprint density at radius 1 is 0.418 bits per heavy atom. The van der Waals surface area contributed by atoms with Crippen molar-refractivity contribution in [1.29, 1.82) is 0 Å². The highest BCUT2D eigenvalue weighted by molar-refractivity contribution is 6.08. The van der Waals surface area contributed by atoms with Gasteiger partial charge in [0.25, 0.3) is 0 Å². The van der Waals surface area contributed by atoms with Crippen LogP contribution in [-0.2, 0) is 0 Å². The van der Waals surface area contributed by atoms with Gasteiger partial charge in [0.15, 0.2) is 17.5 Å². The average molecular weight is 704 g/mol. The number of rotatable bonds is 5. The minimum absolute atomic E-state index is 0.114. The van der Waals surface area contributed by atoms with Gasteiger partial charge in [0.2, 0.25) is 0 Å². The maximum absolute atomic E-state index is 6.71. The van der Waals surface area contributed by atoms with E-state index in [-0.39, 0.29) is 12.0 Å². The molecule has 2 aliphatic rings. The van der Waals surface area contributed by atoms with E-state index in [0.29, 0.717) is 17.5 Å². The molecule has 2 atom stereocenters. The largest absolute Gasteiger partial charge is 0.485 e. The van der Waals surface area contributed by atoms with Crippen molar-refractivity contribution in [2.45, 2.75) is 12.0 Å². The topological polar surface area (TPSA) is 47.9 Å². The van der Waals surface area contributed by atoms with Gasteiger partial charge in [0, 0.05) is 22.3 Å². The summed E-state index contributed by atoms with van der Waals surface area (Å²) in [5, 5.41) is 7.07. The van der Waals surface area contributed by atoms with E-state index in [0.717, 1.165) is 44.5 Å². The summed E-state index contributed by atoms with van der Waals surface area (Å²) >= 11 is 0. The van der Waals surface area contributed by atoms with E-state index in [1.807, 2.05) is 0 Å². The molecule has 0 bridgehead atoms. The molecule has 2 heterocycles. The summed E-state index contributed by atoms with van der Waals surface area (Å²) in [4.78, 5) is 15.8. The molecule has 258 valence electrons. The van der Waals surface area contributed by atoms with Crippen LogP contribution in [0.15, 0.2) is 188 Å². The van der Waals surface area contributed by atoms with Crippen molar-refractivity contribution in [1.82, 2.24) is 15.0 Å². The van der Waals surface area contributed by atoms with Crippen LogP contribution in [0, 0.1) is 0 Å². The molecule has 11 rings (SSSR count). The molecule has 0 saturated heterocycles. The molecule has 0 amide bonds. The van der Waals surface area contributed by atoms with Gasteiger partial charge >= 0.3 is 0 Å². The van der Waals surface area contributed by atoms with E-state index in [9.17, 15) is 0 Å². The van der Waals surface area contributed by atoms with Gasteiger partial charge in [-0.15, -0.1) is 0 Å². The van der Waals surface area contributed by atoms with Crippen LogP contribution in [-0.4, -0.2) is 21.1 Å². The Labute approximate surface area is 318 Å². The van der Waals surface area contributed by atoms with Crippen LogP contribution in [0.25, 0.3) is 82.9 Å². The lowest BCUT2D eigenvalue weighted by Gasteiger charge is -2.23. The molecule has 4 nitrogen and oxygen atoms in total. The first-order valence-corrected chi connectivity index (χ1v) is 18.7. The average Bonchev–Trinajstić information content (AvgIpc) is 3.65. The Morgan fingerprint density at radius 2 is 1.05 bits per heavy atom. The van der Waals surface area contributed by atoms with Crippen LogP contribution < -0.4 is 4.74 Å². The molecular weight excluding hydrogens is 671 g/mol. The van der Waals surface area contributed by atoms with Crippen LogP contribution >= 0.6 is 0 Å². The van der Waals surface area contributed by atoms with Gasteiger partial charge in [0.1, 0.15) is 11.9 Å². The molecule has 1 aromatic heterocycles. The Morgan fingerprint density at radius 3 is 1.91 bits per heavy atom. The van der Waals surface area contributed by atoms with E-state index in [4.69, 9.17) is 19.7 Å². The Balaban J connectivity index is 1.09. The molecule has 9 aromatic rings. The van der Waals surface area contributed by atoms with Gasteiger partial charge in [-0.1, -0.05) is 158 Å². The Kier molecular flexibility index (Phi) is 7.27. The second-order valence-corrected chi connectivity index (χ2v) is 14.3. The molecule has 1 aliphatic heterocycles. The minimum Gasteiger partial charge on any atom is -0.485 e. The van der Waals surface area contributed by atoms with Gasteiger partial charge in [-0.25, -0.2) is 15.0 Å². The third-order valence-corrected chi connectivity index (χ3v) is 11.1. The number of allylic oxidation sites excluding steroid dienone is 2. The van der Waals surface area contributed by atoms with E-state index in [2.05, 4.69) is 188 Å². The summed E-state index contributed by atoms with van der Waals surface area (Å²) in [5.41, 5.74) is 8.71. The summed E-state index contributed by atoms with van der Waals surface area (Å²) < 4.78 is 6.71. The highest BCUT2D eigenvalue weighted by Crippen LogP contribution is 2.51. The molecule has 4 heteroatoms. The standard InChI is InChI=1S/C51H33N3O/c1-2-11-32(12-3-1)37-16-8-17-38(29-37)42-19-9-21-45-47(42)48-43(20-10-22-46(48)55-45)51-53-49(39-27-23-33-13-4-5-15-36(33)30-39)52-50(54-51)40-28-26-35-25-24-34-14-6-7-18-41(34)44(35)31-40/h1-31,46,48H. The zero-order valence-electron chi connectivity index (χ0n) is 29.8. The Bertz CT molecular complexity index is 3040. The fourth-order valence-corrected chi connectivity index (χ4v) is 8.40. The quantitative estimate of drug-likeness (QED) is 0.167. The zero-order valence-corrected chi connectivity index (χ0v) is 29.8. The van der Waals surface area contributed by atoms with Crippen molar-refractivity contribution in [2.24, 2.45) is 0 Å². The number of ether oxygens (including phenoxy) is 1. The minimum atomic E-state index is -0.190. The Hall–Kier alpha value is -7.17. The van der Waals surface area contributed by atoms with Crippen LogP contribution in [0.3, 0.4) is 0 Å². The van der Waals surface area contributed by atoms with Crippen molar-refractivity contribution >= 4 is 37.9 Å². The van der Waals surface area contributed by atoms with Gasteiger partial charge in [0.05, 0.1) is 5.92 Å². The van der Waals surface area contributed by atoms with Crippen LogP contribution in [0.5, 0.6) is 5.75 Å². The normalized spacial score (nSPS) is 15.8. The van der Waals surface area contributed by atoms with Crippen molar-refractivity contribution in [2.75, 3.05) is 0 Å². The summed E-state index contributed by atoms with van der Waals surface area (Å²) in [6.07, 6.45) is 6.21. The lowest BCUT2D eigenvalue weighted by molar-refractivity contribution is 0.271. The van der Waals surface area contributed by atoms with E-state index in [1.54, 1.807) is 0 Å². The number of fused-ring (bicyclic) bond motifs is 7. The SMILES string of the molecule is C1=CC2Oc3cccc(-c4cccc(-c5ccccc5)c4)c3C2C(c2nc(-c3ccc4ccccc4c3)nc(-c3ccc4ccc5ccccc5c4c3)n2)=C1. The second kappa shape index (κ2) is 12.8. The van der Waals surface area contributed by atoms with Gasteiger partial charge < -0.3 is 4.74 Å². The fraction of sp³-hybridized carbons (Fsp3) is 0.0392. The molecule has 0 spiro atoms. The number of nitrogens with zero attached hydrogens (tertiary/aromatic N) is 3. The lowest BCUT2D eigenvalue weighted by Crippen LogP contribution is -2.21. The summed E-state index contributed by atoms with van der Waals surface area (Å²) in [7, 11) is 0. The molecule has 0 N–H and O–H groups in total. The van der Waals surface area contributed by atoms with Crippen molar-refractivity contribution in [3.05, 3.63) is 199 Å². The van der Waals surface area contributed by atoms with E-state index in [1.165, 1.54) is 38.1 Å². The molecule has 1 aliphatic carbocycles. The zero-order chi connectivity index (χ0) is 36.3. The monoisotopic (exact) mass is 703 g/mol. The fourth-order valence-electron chi connectivity index (χ4n) is 8.40. The summed E-state index contributed by atoms with van der Waals surface area (Å²) in [6, 6.07) is 60.0. The summed E-state index contributed by atoms with van der Waals surface area (Å²) in [5.74, 6) is 2.70. The van der Waals surface area contributed by atoms with Crippen LogP contribution in [0.1, 0.15) is 17.3 Å². The van der Waals surface area contributed by atoms with Crippen LogP contribution in [0.2, 0.25) is 0 Å².